The summed E-state index contributed by atoms with van der Waals surface area (Å²) in [6, 6.07) is 5.70. The molecule has 9 heteroatoms. The van der Waals surface area contributed by atoms with Gasteiger partial charge in [-0.1, -0.05) is 6.07 Å². The number of hydrogen-bond donors (Lipinski definition) is 1. The van der Waals surface area contributed by atoms with E-state index in [9.17, 15) is 17.6 Å². The van der Waals surface area contributed by atoms with Crippen LogP contribution in [-0.4, -0.2) is 42.7 Å². The minimum Gasteiger partial charge on any atom is -0.352 e. The van der Waals surface area contributed by atoms with Gasteiger partial charge in [0.1, 0.15) is 10.0 Å². The summed E-state index contributed by atoms with van der Waals surface area (Å²) in [4.78, 5) is 16.0. The minimum absolute atomic E-state index is 0.0823. The molecule has 1 aliphatic heterocycles. The van der Waals surface area contributed by atoms with Gasteiger partial charge < -0.3 is 5.32 Å². The Morgan fingerprint density at radius 2 is 2.24 bits per heavy atom. The Morgan fingerprint density at radius 1 is 1.40 bits per heavy atom. The molecule has 0 unspecified atom stereocenters. The Morgan fingerprint density at radius 3 is 2.96 bits per heavy atom. The molecule has 0 radical (unpaired) electrons. The van der Waals surface area contributed by atoms with Crippen LogP contribution in [0, 0.1) is 5.82 Å². The number of aromatic nitrogens is 1. The van der Waals surface area contributed by atoms with Crippen molar-refractivity contribution < 1.29 is 17.6 Å². The van der Waals surface area contributed by atoms with Crippen LogP contribution < -0.4 is 5.32 Å². The Kier molecular flexibility index (Phi) is 5.45. The van der Waals surface area contributed by atoms with Crippen LogP contribution in [-0.2, 0) is 21.2 Å². The molecule has 0 aromatic carbocycles. The summed E-state index contributed by atoms with van der Waals surface area (Å²) in [6.45, 7) is 0.651. The van der Waals surface area contributed by atoms with Crippen LogP contribution in [0.25, 0.3) is 0 Å². The third-order valence-corrected chi connectivity index (χ3v) is 7.24. The van der Waals surface area contributed by atoms with E-state index < -0.39 is 15.8 Å². The van der Waals surface area contributed by atoms with E-state index in [4.69, 9.17) is 0 Å². The van der Waals surface area contributed by atoms with Gasteiger partial charge in [-0.05, 0) is 36.4 Å². The van der Waals surface area contributed by atoms with E-state index in [1.54, 1.807) is 17.5 Å². The Hall–Kier alpha value is -1.84. The molecule has 3 rings (SSSR count). The predicted molar refractivity (Wildman–Crippen MR) is 92.1 cm³/mol. The molecule has 1 fully saturated rings. The molecule has 3 heterocycles. The number of sulfonamides is 1. The molecule has 1 amide bonds. The van der Waals surface area contributed by atoms with Crippen LogP contribution in [0.5, 0.6) is 0 Å². The molecule has 2 aromatic rings. The lowest BCUT2D eigenvalue weighted by Crippen LogP contribution is -2.49. The molecule has 0 aliphatic carbocycles. The number of carbonyl (C=O) groups is 1. The van der Waals surface area contributed by atoms with Gasteiger partial charge in [-0.25, -0.2) is 12.8 Å². The van der Waals surface area contributed by atoms with E-state index >= 15 is 0 Å². The molecule has 2 aromatic heterocycles. The molecule has 0 spiro atoms. The maximum absolute atomic E-state index is 13.6. The summed E-state index contributed by atoms with van der Waals surface area (Å²) in [5, 5.41) is 4.51. The third kappa shape index (κ3) is 4.23. The third-order valence-electron chi connectivity index (χ3n) is 4.00. The van der Waals surface area contributed by atoms with Gasteiger partial charge in [0.05, 0.1) is 12.1 Å². The lowest BCUT2D eigenvalue weighted by molar-refractivity contribution is -0.121. The van der Waals surface area contributed by atoms with Crippen LogP contribution in [0.15, 0.2) is 40.1 Å². The smallest absolute Gasteiger partial charge is 0.252 e. The minimum atomic E-state index is -3.52. The van der Waals surface area contributed by atoms with E-state index in [2.05, 4.69) is 10.3 Å². The average Bonchev–Trinajstić information content (AvgIpc) is 3.12. The molecular weight excluding hydrogens is 365 g/mol. The van der Waals surface area contributed by atoms with Gasteiger partial charge in [-0.3, -0.25) is 9.78 Å². The zero-order valence-electron chi connectivity index (χ0n) is 13.4. The van der Waals surface area contributed by atoms with Crippen molar-refractivity contribution in [3.63, 3.8) is 0 Å². The van der Waals surface area contributed by atoms with E-state index in [1.807, 2.05) is 0 Å². The van der Waals surface area contributed by atoms with Crippen LogP contribution in [0.3, 0.4) is 0 Å². The first-order valence-corrected chi connectivity index (χ1v) is 10.2. The quantitative estimate of drug-likeness (QED) is 0.854. The van der Waals surface area contributed by atoms with Gasteiger partial charge >= 0.3 is 0 Å². The molecule has 1 aliphatic rings. The SMILES string of the molecule is O=C(Cc1ncccc1F)N[C@@H]1CCCN(S(=O)(=O)c2cccs2)C1. The predicted octanol–water partition coefficient (Wildman–Crippen LogP) is 1.79. The molecular formula is C16H18FN3O3S2. The zero-order chi connectivity index (χ0) is 17.9. The highest BCUT2D eigenvalue weighted by Gasteiger charge is 2.31. The summed E-state index contributed by atoms with van der Waals surface area (Å²) in [7, 11) is -3.52. The van der Waals surface area contributed by atoms with Crippen molar-refractivity contribution in [2.75, 3.05) is 13.1 Å². The normalized spacial score (nSPS) is 18.8. The molecule has 0 bridgehead atoms. The summed E-state index contributed by atoms with van der Waals surface area (Å²) in [6.07, 6.45) is 2.61. The van der Waals surface area contributed by atoms with Gasteiger partial charge in [0.2, 0.25) is 5.91 Å². The van der Waals surface area contributed by atoms with Crippen molar-refractivity contribution in [1.29, 1.82) is 0 Å². The average molecular weight is 383 g/mol. The summed E-state index contributed by atoms with van der Waals surface area (Å²) in [5.74, 6) is -0.888. The number of rotatable bonds is 5. The van der Waals surface area contributed by atoms with E-state index in [0.717, 1.165) is 0 Å². The number of thiophene rings is 1. The highest BCUT2D eigenvalue weighted by molar-refractivity contribution is 7.91. The first kappa shape index (κ1) is 18.0. The topological polar surface area (TPSA) is 79.4 Å². The first-order chi connectivity index (χ1) is 12.0. The molecule has 6 nitrogen and oxygen atoms in total. The summed E-state index contributed by atoms with van der Waals surface area (Å²) < 4.78 is 40.4. The van der Waals surface area contributed by atoms with Crippen LogP contribution >= 0.6 is 11.3 Å². The fraction of sp³-hybridized carbons (Fsp3) is 0.375. The van der Waals surface area contributed by atoms with Crippen LogP contribution in [0.2, 0.25) is 0 Å². The highest BCUT2D eigenvalue weighted by Crippen LogP contribution is 2.24. The van der Waals surface area contributed by atoms with Crippen molar-refractivity contribution in [3.8, 4) is 0 Å². The Labute approximate surface area is 149 Å². The number of amides is 1. The molecule has 1 saturated heterocycles. The standard InChI is InChI=1S/C16H18FN3O3S2/c17-13-5-1-7-18-14(13)10-15(21)19-12-4-2-8-20(11-12)25(22,23)16-6-3-9-24-16/h1,3,5-7,9,12H,2,4,8,10-11H2,(H,19,21)/t12-/m1/s1. The van der Waals surface area contributed by atoms with Gasteiger partial charge in [-0.2, -0.15) is 4.31 Å². The lowest BCUT2D eigenvalue weighted by atomic mass is 10.1. The maximum Gasteiger partial charge on any atom is 0.252 e. The number of hydrogen-bond acceptors (Lipinski definition) is 5. The van der Waals surface area contributed by atoms with Crippen molar-refractivity contribution in [1.82, 2.24) is 14.6 Å². The second kappa shape index (κ2) is 7.59. The monoisotopic (exact) mass is 383 g/mol. The first-order valence-electron chi connectivity index (χ1n) is 7.89. The van der Waals surface area contributed by atoms with Crippen molar-refractivity contribution in [2.45, 2.75) is 29.5 Å². The zero-order valence-corrected chi connectivity index (χ0v) is 15.0. The molecule has 134 valence electrons. The van der Waals surface area contributed by atoms with Gasteiger partial charge in [0.15, 0.2) is 0 Å². The number of piperidine rings is 1. The van der Waals surface area contributed by atoms with Gasteiger partial charge in [-0.15, -0.1) is 11.3 Å². The maximum atomic E-state index is 13.6. The second-order valence-electron chi connectivity index (χ2n) is 5.81. The van der Waals surface area contributed by atoms with Crippen molar-refractivity contribution >= 4 is 27.3 Å². The number of halogens is 1. The molecule has 1 atom stereocenters. The number of carbonyl (C=O) groups excluding carboxylic acids is 1. The Bertz CT molecular complexity index is 840. The Balaban J connectivity index is 1.62. The largest absolute Gasteiger partial charge is 0.352 e. The molecule has 0 saturated carbocycles. The fourth-order valence-electron chi connectivity index (χ4n) is 2.80. The van der Waals surface area contributed by atoms with E-state index in [-0.39, 0.29) is 30.6 Å². The van der Waals surface area contributed by atoms with E-state index in [1.165, 1.54) is 34.0 Å². The lowest BCUT2D eigenvalue weighted by Gasteiger charge is -2.32. The van der Waals surface area contributed by atoms with Crippen LogP contribution in [0.1, 0.15) is 18.5 Å². The highest BCUT2D eigenvalue weighted by atomic mass is 32.2. The van der Waals surface area contributed by atoms with Crippen molar-refractivity contribution in [2.24, 2.45) is 0 Å². The fourth-order valence-corrected chi connectivity index (χ4v) is 5.46. The van der Waals surface area contributed by atoms with Crippen molar-refractivity contribution in [3.05, 3.63) is 47.4 Å². The molecule has 1 N–H and O–H groups in total. The number of pyridine rings is 1. The number of nitrogens with one attached hydrogen (secondary N) is 1. The second-order valence-corrected chi connectivity index (χ2v) is 8.92. The number of nitrogens with zero attached hydrogens (tertiary/aromatic N) is 2. The van der Waals surface area contributed by atoms with Gasteiger partial charge in [0.25, 0.3) is 10.0 Å². The summed E-state index contributed by atoms with van der Waals surface area (Å²) in [5.41, 5.74) is 0.0823. The van der Waals surface area contributed by atoms with E-state index in [0.29, 0.717) is 23.6 Å². The molecule has 25 heavy (non-hydrogen) atoms. The van der Waals surface area contributed by atoms with Crippen LogP contribution in [0.4, 0.5) is 4.39 Å². The summed E-state index contributed by atoms with van der Waals surface area (Å²) >= 11 is 1.18. The van der Waals surface area contributed by atoms with Gasteiger partial charge in [0, 0.05) is 25.3 Å².